The van der Waals surface area contributed by atoms with Gasteiger partial charge in [0.25, 0.3) is 0 Å². The third-order valence-electron chi connectivity index (χ3n) is 5.95. The summed E-state index contributed by atoms with van der Waals surface area (Å²) < 4.78 is 0. The van der Waals surface area contributed by atoms with Gasteiger partial charge in [0.2, 0.25) is 0 Å². The monoisotopic (exact) mass is 414 g/mol. The lowest BCUT2D eigenvalue weighted by atomic mass is 9.79. The van der Waals surface area contributed by atoms with Crippen LogP contribution in [0, 0.1) is 5.92 Å². The van der Waals surface area contributed by atoms with Crippen molar-refractivity contribution in [1.82, 2.24) is 0 Å². The highest BCUT2D eigenvalue weighted by Gasteiger charge is 2.32. The highest BCUT2D eigenvalue weighted by Crippen LogP contribution is 2.34. The Morgan fingerprint density at radius 1 is 0.800 bits per heavy atom. The van der Waals surface area contributed by atoms with E-state index in [9.17, 15) is 5.11 Å². The van der Waals surface area contributed by atoms with Crippen LogP contribution in [-0.2, 0) is 18.1 Å². The van der Waals surface area contributed by atoms with Crippen LogP contribution in [0.15, 0.2) is 103 Å². The molecule has 2 atom stereocenters. The fourth-order valence-corrected chi connectivity index (χ4v) is 6.24. The van der Waals surface area contributed by atoms with E-state index in [-0.39, 0.29) is 5.92 Å². The predicted molar refractivity (Wildman–Crippen MR) is 131 cm³/mol. The molecule has 1 nitrogen and oxygen atoms in total. The molecule has 1 N–H and O–H groups in total. The molecule has 0 fully saturated rings. The Balaban J connectivity index is 1.81. The molecule has 2 heteroatoms. The molecule has 0 aliphatic carbocycles. The van der Waals surface area contributed by atoms with Gasteiger partial charge in [-0.3, -0.25) is 0 Å². The molecule has 0 aliphatic rings. The molecule has 3 aromatic rings. The first-order valence-corrected chi connectivity index (χ1v) is 14.2. The first-order chi connectivity index (χ1) is 14.4. The molecule has 0 saturated carbocycles. The van der Waals surface area contributed by atoms with E-state index >= 15 is 0 Å². The summed E-state index contributed by atoms with van der Waals surface area (Å²) in [5.41, 5.74) is 5.24. The van der Waals surface area contributed by atoms with Crippen molar-refractivity contribution in [3.8, 4) is 0 Å². The second-order valence-corrected chi connectivity index (χ2v) is 13.8. The van der Waals surface area contributed by atoms with E-state index in [0.29, 0.717) is 0 Å². The molecular formula is C28H34OSi. The Morgan fingerprint density at radius 2 is 1.30 bits per heavy atom. The molecule has 0 radical (unpaired) electrons. The number of hydrogen-bond donors (Lipinski definition) is 1. The third-order valence-corrected chi connectivity index (χ3v) is 8.36. The quantitative estimate of drug-likeness (QED) is 0.385. The molecule has 30 heavy (non-hydrogen) atoms. The molecule has 3 aromatic carbocycles. The maximum absolute atomic E-state index is 11.6. The van der Waals surface area contributed by atoms with Crippen molar-refractivity contribution in [2.45, 2.75) is 44.5 Å². The summed E-state index contributed by atoms with van der Waals surface area (Å²) in [4.78, 5) is 0. The molecule has 0 amide bonds. The van der Waals surface area contributed by atoms with Gasteiger partial charge in [-0.2, -0.15) is 0 Å². The van der Waals surface area contributed by atoms with Gasteiger partial charge in [-0.25, -0.2) is 0 Å². The summed E-state index contributed by atoms with van der Waals surface area (Å²) in [5, 5.41) is 11.6. The van der Waals surface area contributed by atoms with Crippen LogP contribution in [-0.4, -0.2) is 13.2 Å². The minimum Gasteiger partial charge on any atom is -0.385 e. The fourth-order valence-electron chi connectivity index (χ4n) is 4.08. The van der Waals surface area contributed by atoms with E-state index in [4.69, 9.17) is 0 Å². The van der Waals surface area contributed by atoms with Crippen LogP contribution in [0.1, 0.15) is 30.0 Å². The van der Waals surface area contributed by atoms with Crippen LogP contribution in [0.2, 0.25) is 13.1 Å². The van der Waals surface area contributed by atoms with Gasteiger partial charge < -0.3 is 5.11 Å². The fraction of sp³-hybridized carbons (Fsp3) is 0.286. The molecule has 0 spiro atoms. The number of aryl methyl sites for hydroxylation is 1. The third kappa shape index (κ3) is 6.29. The minimum absolute atomic E-state index is 0.0580. The minimum atomic E-state index is -1.59. The first-order valence-electron chi connectivity index (χ1n) is 10.9. The molecule has 0 aliphatic heterocycles. The summed E-state index contributed by atoms with van der Waals surface area (Å²) in [5.74, 6) is 0.0580. The summed E-state index contributed by atoms with van der Waals surface area (Å²) in [6, 6.07) is 32.5. The average Bonchev–Trinajstić information content (AvgIpc) is 2.75. The van der Waals surface area contributed by atoms with Gasteiger partial charge in [-0.15, -0.1) is 0 Å². The van der Waals surface area contributed by atoms with Crippen LogP contribution >= 0.6 is 0 Å². The second kappa shape index (κ2) is 10.1. The van der Waals surface area contributed by atoms with E-state index < -0.39 is 13.7 Å². The van der Waals surface area contributed by atoms with Crippen LogP contribution in [0.25, 0.3) is 0 Å². The maximum atomic E-state index is 11.6. The number of benzene rings is 3. The SMILES string of the molecule is C[C@](O)(c1ccccc1)[C@@H](/C=C/[Si](C)(C)Cc1ccccc1)CCc1ccccc1. The Morgan fingerprint density at radius 3 is 1.87 bits per heavy atom. The van der Waals surface area contributed by atoms with Crippen LogP contribution < -0.4 is 0 Å². The molecule has 156 valence electrons. The van der Waals surface area contributed by atoms with Gasteiger partial charge >= 0.3 is 0 Å². The maximum Gasteiger partial charge on any atom is 0.0930 e. The second-order valence-electron chi connectivity index (χ2n) is 9.15. The van der Waals surface area contributed by atoms with Crippen molar-refractivity contribution in [3.05, 3.63) is 119 Å². The van der Waals surface area contributed by atoms with E-state index in [1.54, 1.807) is 0 Å². The van der Waals surface area contributed by atoms with Gasteiger partial charge in [-0.05, 0) is 36.9 Å². The van der Waals surface area contributed by atoms with E-state index in [2.05, 4.69) is 85.5 Å². The summed E-state index contributed by atoms with van der Waals surface area (Å²) in [6.07, 6.45) is 4.18. The number of aliphatic hydroxyl groups is 1. The zero-order valence-electron chi connectivity index (χ0n) is 18.5. The topological polar surface area (TPSA) is 20.2 Å². The Kier molecular flexibility index (Phi) is 7.46. The van der Waals surface area contributed by atoms with Crippen LogP contribution in [0.5, 0.6) is 0 Å². The van der Waals surface area contributed by atoms with Crippen molar-refractivity contribution in [2.75, 3.05) is 0 Å². The Bertz CT molecular complexity index is 915. The first kappa shape index (κ1) is 22.3. The summed E-state index contributed by atoms with van der Waals surface area (Å²) >= 11 is 0. The Hall–Kier alpha value is -2.42. The average molecular weight is 415 g/mol. The van der Waals surface area contributed by atoms with Gasteiger partial charge in [0, 0.05) is 5.92 Å². The number of rotatable bonds is 9. The van der Waals surface area contributed by atoms with Gasteiger partial charge in [-0.1, -0.05) is 121 Å². The lowest BCUT2D eigenvalue weighted by molar-refractivity contribution is 0.0104. The highest BCUT2D eigenvalue weighted by atomic mass is 28.3. The smallest absolute Gasteiger partial charge is 0.0930 e. The normalized spacial score (nSPS) is 15.1. The molecule has 0 aromatic heterocycles. The summed E-state index contributed by atoms with van der Waals surface area (Å²) in [7, 11) is -1.59. The molecule has 0 unspecified atom stereocenters. The Labute approximate surface area is 183 Å². The predicted octanol–water partition coefficient (Wildman–Crippen LogP) is 6.73. The van der Waals surface area contributed by atoms with Crippen LogP contribution in [0.4, 0.5) is 0 Å². The van der Waals surface area contributed by atoms with Gasteiger partial charge in [0.15, 0.2) is 0 Å². The van der Waals surface area contributed by atoms with Gasteiger partial charge in [0.05, 0.1) is 13.7 Å². The van der Waals surface area contributed by atoms with Crippen molar-refractivity contribution in [2.24, 2.45) is 5.92 Å². The molecular weight excluding hydrogens is 380 g/mol. The largest absolute Gasteiger partial charge is 0.385 e. The van der Waals surface area contributed by atoms with Crippen molar-refractivity contribution in [3.63, 3.8) is 0 Å². The van der Waals surface area contributed by atoms with Crippen molar-refractivity contribution in [1.29, 1.82) is 0 Å². The van der Waals surface area contributed by atoms with E-state index in [1.807, 2.05) is 37.3 Å². The van der Waals surface area contributed by atoms with E-state index in [1.165, 1.54) is 11.1 Å². The zero-order valence-corrected chi connectivity index (χ0v) is 19.5. The molecule has 0 heterocycles. The molecule has 0 bridgehead atoms. The standard InChI is InChI=1S/C28H34OSi/c1-28(29,26-17-11-6-12-18-26)27(20-19-24-13-7-4-8-14-24)21-22-30(2,3)23-25-15-9-5-10-16-25/h4-18,21-22,27,29H,19-20,23H2,1-3H3/b22-21+/t27-,28+/m1/s1. The highest BCUT2D eigenvalue weighted by molar-refractivity contribution is 6.81. The van der Waals surface area contributed by atoms with Crippen molar-refractivity contribution >= 4 is 8.07 Å². The lowest BCUT2D eigenvalue weighted by Crippen LogP contribution is -2.33. The molecule has 0 saturated heterocycles. The number of hydrogen-bond acceptors (Lipinski definition) is 1. The van der Waals surface area contributed by atoms with Gasteiger partial charge in [0.1, 0.15) is 0 Å². The summed E-state index contributed by atoms with van der Waals surface area (Å²) in [6.45, 7) is 6.78. The van der Waals surface area contributed by atoms with Crippen LogP contribution in [0.3, 0.4) is 0 Å². The zero-order chi connectivity index (χ0) is 21.5. The lowest BCUT2D eigenvalue weighted by Gasteiger charge is -2.32. The molecule has 3 rings (SSSR count). The van der Waals surface area contributed by atoms with E-state index in [0.717, 1.165) is 24.4 Å². The van der Waals surface area contributed by atoms with Crippen molar-refractivity contribution < 1.29 is 5.11 Å².